The highest BCUT2D eigenvalue weighted by Crippen LogP contribution is 2.28. The fourth-order valence-electron chi connectivity index (χ4n) is 2.16. The first kappa shape index (κ1) is 16.8. The summed E-state index contributed by atoms with van der Waals surface area (Å²) in [5.74, 6) is 1.49. The van der Waals surface area contributed by atoms with Crippen LogP contribution in [0.5, 0.6) is 5.88 Å². The molecule has 0 amide bonds. The second kappa shape index (κ2) is 6.92. The molecule has 0 aromatic carbocycles. The lowest BCUT2D eigenvalue weighted by molar-refractivity contribution is 0.314. The quantitative estimate of drug-likeness (QED) is 0.876. The van der Waals surface area contributed by atoms with Gasteiger partial charge in [0.05, 0.1) is 17.0 Å². The molecule has 0 fully saturated rings. The molecule has 0 spiro atoms. The van der Waals surface area contributed by atoms with Crippen LogP contribution in [-0.4, -0.2) is 23.3 Å². The van der Waals surface area contributed by atoms with Gasteiger partial charge in [-0.1, -0.05) is 11.2 Å². The van der Waals surface area contributed by atoms with Crippen molar-refractivity contribution in [1.29, 1.82) is 0 Å². The summed E-state index contributed by atoms with van der Waals surface area (Å²) in [6.45, 7) is 6.10. The van der Waals surface area contributed by atoms with Crippen LogP contribution in [-0.2, 0) is 6.54 Å². The maximum Gasteiger partial charge on any atom is 0.218 e. The smallest absolute Gasteiger partial charge is 0.218 e. The predicted molar refractivity (Wildman–Crippen MR) is 80.9 cm³/mol. The van der Waals surface area contributed by atoms with Crippen LogP contribution in [0.3, 0.4) is 0 Å². The van der Waals surface area contributed by atoms with E-state index in [9.17, 15) is 0 Å². The molecule has 1 aliphatic heterocycles. The number of hydrogen-bond acceptors (Lipinski definition) is 5. The van der Waals surface area contributed by atoms with Gasteiger partial charge in [-0.05, 0) is 19.9 Å². The molecule has 110 valence electrons. The molecular weight excluding hydrogens is 301 g/mol. The Morgan fingerprint density at radius 3 is 2.70 bits per heavy atom. The summed E-state index contributed by atoms with van der Waals surface area (Å²) in [4.78, 5) is 4.58. The van der Waals surface area contributed by atoms with E-state index >= 15 is 0 Å². The van der Waals surface area contributed by atoms with Crippen LogP contribution < -0.4 is 10.1 Å². The molecule has 0 saturated carbocycles. The number of pyridine rings is 1. The van der Waals surface area contributed by atoms with Gasteiger partial charge in [-0.3, -0.25) is 0 Å². The summed E-state index contributed by atoms with van der Waals surface area (Å²) < 4.78 is 10.8. The third-order valence-electron chi connectivity index (χ3n) is 3.06. The Hall–Kier alpha value is -1.30. The first-order chi connectivity index (χ1) is 8.75. The molecule has 0 bridgehead atoms. The molecule has 20 heavy (non-hydrogen) atoms. The third kappa shape index (κ3) is 3.06. The number of hydrogen-bond donors (Lipinski definition) is 1. The van der Waals surface area contributed by atoms with Crippen LogP contribution in [0, 0.1) is 13.8 Å². The second-order valence-electron chi connectivity index (χ2n) is 4.39. The molecule has 5 nitrogen and oxygen atoms in total. The van der Waals surface area contributed by atoms with E-state index in [0.29, 0.717) is 12.5 Å². The number of ether oxygens (including phenoxy) is 1. The van der Waals surface area contributed by atoms with Crippen molar-refractivity contribution in [3.8, 4) is 17.1 Å². The Balaban J connectivity index is 0.000001000. The van der Waals surface area contributed by atoms with E-state index in [-0.39, 0.29) is 24.8 Å². The van der Waals surface area contributed by atoms with Crippen LogP contribution >= 0.6 is 24.8 Å². The van der Waals surface area contributed by atoms with Crippen molar-refractivity contribution in [3.63, 3.8) is 0 Å². The maximum absolute atomic E-state index is 5.64. The molecule has 3 rings (SSSR count). The van der Waals surface area contributed by atoms with Gasteiger partial charge in [-0.15, -0.1) is 24.8 Å². The topological polar surface area (TPSA) is 60.2 Å². The number of aromatic nitrogens is 2. The lowest BCUT2D eigenvalue weighted by Gasteiger charge is -2.07. The van der Waals surface area contributed by atoms with E-state index in [2.05, 4.69) is 15.5 Å². The lowest BCUT2D eigenvalue weighted by Crippen LogP contribution is -2.16. The third-order valence-corrected chi connectivity index (χ3v) is 3.06. The summed E-state index contributed by atoms with van der Waals surface area (Å²) in [7, 11) is 0. The summed E-state index contributed by atoms with van der Waals surface area (Å²) in [6, 6.07) is 4.03. The lowest BCUT2D eigenvalue weighted by atomic mass is 10.1. The van der Waals surface area contributed by atoms with Crippen molar-refractivity contribution in [3.05, 3.63) is 29.2 Å². The zero-order valence-corrected chi connectivity index (χ0v) is 12.9. The van der Waals surface area contributed by atoms with E-state index in [4.69, 9.17) is 9.26 Å². The standard InChI is InChI=1S/C13H15N3O2.2ClH/c1-8-12(9(2)18-16-8)11-4-3-10-7-14-5-6-17-13(10)15-11;;/h3-4,14H,5-7H2,1-2H3;2*1H. The Morgan fingerprint density at radius 2 is 2.00 bits per heavy atom. The Labute approximate surface area is 129 Å². The number of halogens is 2. The van der Waals surface area contributed by atoms with Crippen LogP contribution in [0.15, 0.2) is 16.7 Å². The van der Waals surface area contributed by atoms with Crippen molar-refractivity contribution in [1.82, 2.24) is 15.5 Å². The minimum atomic E-state index is 0. The number of fused-ring (bicyclic) bond motifs is 1. The first-order valence-corrected chi connectivity index (χ1v) is 6.02. The highest BCUT2D eigenvalue weighted by molar-refractivity contribution is 5.85. The largest absolute Gasteiger partial charge is 0.476 e. The van der Waals surface area contributed by atoms with E-state index in [1.807, 2.05) is 26.0 Å². The summed E-state index contributed by atoms with van der Waals surface area (Å²) in [6.07, 6.45) is 0. The van der Waals surface area contributed by atoms with E-state index in [1.54, 1.807) is 0 Å². The van der Waals surface area contributed by atoms with E-state index < -0.39 is 0 Å². The molecule has 0 saturated heterocycles. The molecule has 0 aliphatic carbocycles. The molecule has 7 heteroatoms. The van der Waals surface area contributed by atoms with Gasteiger partial charge in [0.2, 0.25) is 5.88 Å². The van der Waals surface area contributed by atoms with Crippen molar-refractivity contribution in [2.24, 2.45) is 0 Å². The van der Waals surface area contributed by atoms with Gasteiger partial charge in [0.1, 0.15) is 12.4 Å². The molecule has 0 radical (unpaired) electrons. The number of nitrogens with one attached hydrogen (secondary N) is 1. The van der Waals surface area contributed by atoms with Crippen molar-refractivity contribution in [2.75, 3.05) is 13.2 Å². The summed E-state index contributed by atoms with van der Waals surface area (Å²) in [5, 5.41) is 7.24. The normalized spacial score (nSPS) is 13.3. The maximum atomic E-state index is 5.64. The average Bonchev–Trinajstić information content (AvgIpc) is 2.59. The zero-order valence-electron chi connectivity index (χ0n) is 11.3. The van der Waals surface area contributed by atoms with Gasteiger partial charge < -0.3 is 14.6 Å². The van der Waals surface area contributed by atoms with Gasteiger partial charge in [0, 0.05) is 18.7 Å². The van der Waals surface area contributed by atoms with Gasteiger partial charge >= 0.3 is 0 Å². The van der Waals surface area contributed by atoms with E-state index in [1.165, 1.54) is 0 Å². The van der Waals surface area contributed by atoms with Crippen molar-refractivity contribution < 1.29 is 9.26 Å². The molecule has 0 atom stereocenters. The second-order valence-corrected chi connectivity index (χ2v) is 4.39. The van der Waals surface area contributed by atoms with Crippen LogP contribution in [0.1, 0.15) is 17.0 Å². The SMILES string of the molecule is Cc1noc(C)c1-c1ccc2c(n1)OCCNC2.Cl.Cl. The van der Waals surface area contributed by atoms with Crippen LogP contribution in [0.2, 0.25) is 0 Å². The summed E-state index contributed by atoms with van der Waals surface area (Å²) >= 11 is 0. The van der Waals surface area contributed by atoms with Gasteiger partial charge in [-0.25, -0.2) is 4.98 Å². The molecule has 2 aromatic heterocycles. The number of nitrogens with zero attached hydrogens (tertiary/aromatic N) is 2. The van der Waals surface area contributed by atoms with Crippen molar-refractivity contribution in [2.45, 2.75) is 20.4 Å². The fourth-order valence-corrected chi connectivity index (χ4v) is 2.16. The molecule has 0 unspecified atom stereocenters. The number of rotatable bonds is 1. The highest BCUT2D eigenvalue weighted by Gasteiger charge is 2.16. The summed E-state index contributed by atoms with van der Waals surface area (Å²) in [5.41, 5.74) is 3.75. The fraction of sp³-hybridized carbons (Fsp3) is 0.385. The number of aryl methyl sites for hydroxylation is 2. The van der Waals surface area contributed by atoms with Gasteiger partial charge in [0.25, 0.3) is 0 Å². The molecule has 1 aliphatic rings. The predicted octanol–water partition coefficient (Wildman–Crippen LogP) is 2.68. The molecular formula is C13H17Cl2N3O2. The minimum absolute atomic E-state index is 0. The monoisotopic (exact) mass is 317 g/mol. The van der Waals surface area contributed by atoms with Crippen LogP contribution in [0.25, 0.3) is 11.3 Å². The van der Waals surface area contributed by atoms with E-state index in [0.717, 1.165) is 41.4 Å². The average molecular weight is 318 g/mol. The van der Waals surface area contributed by atoms with Gasteiger partial charge in [-0.2, -0.15) is 0 Å². The molecule has 2 aromatic rings. The minimum Gasteiger partial charge on any atom is -0.476 e. The first-order valence-electron chi connectivity index (χ1n) is 6.02. The van der Waals surface area contributed by atoms with Crippen molar-refractivity contribution >= 4 is 24.8 Å². The Kier molecular flexibility index (Phi) is 5.80. The molecule has 3 heterocycles. The van der Waals surface area contributed by atoms with Gasteiger partial charge in [0.15, 0.2) is 0 Å². The van der Waals surface area contributed by atoms with Crippen LogP contribution in [0.4, 0.5) is 0 Å². The Bertz CT molecular complexity index is 567. The highest BCUT2D eigenvalue weighted by atomic mass is 35.5. The Morgan fingerprint density at radius 1 is 1.20 bits per heavy atom. The zero-order chi connectivity index (χ0) is 12.5. The molecule has 1 N–H and O–H groups in total.